The molecule has 1 aliphatic carbocycles. The van der Waals surface area contributed by atoms with Gasteiger partial charge in [0.1, 0.15) is 10.6 Å². The minimum absolute atomic E-state index is 0.166. The van der Waals surface area contributed by atoms with Gasteiger partial charge >= 0.3 is 0 Å². The monoisotopic (exact) mass is 497 g/mol. The lowest BCUT2D eigenvalue weighted by Gasteiger charge is -2.12. The van der Waals surface area contributed by atoms with Gasteiger partial charge in [-0.25, -0.2) is 4.98 Å². The third-order valence-electron chi connectivity index (χ3n) is 5.91. The molecule has 0 spiro atoms. The first-order valence-corrected chi connectivity index (χ1v) is 12.3. The van der Waals surface area contributed by atoms with E-state index < -0.39 is 0 Å². The molecule has 4 aromatic rings. The number of hydrogen-bond acceptors (Lipinski definition) is 5. The lowest BCUT2D eigenvalue weighted by atomic mass is 9.97. The molecular formula is C25H21Cl2N3O2S. The molecule has 0 saturated heterocycles. The highest BCUT2D eigenvalue weighted by Crippen LogP contribution is 2.35. The van der Waals surface area contributed by atoms with Gasteiger partial charge in [-0.3, -0.25) is 4.79 Å². The summed E-state index contributed by atoms with van der Waals surface area (Å²) in [6.07, 6.45) is 5.67. The molecule has 5 nitrogen and oxygen atoms in total. The number of hydrogen-bond donors (Lipinski definition) is 0. The van der Waals surface area contributed by atoms with E-state index >= 15 is 0 Å². The summed E-state index contributed by atoms with van der Waals surface area (Å²) in [6.45, 7) is 2.00. The van der Waals surface area contributed by atoms with Gasteiger partial charge in [-0.1, -0.05) is 47.5 Å². The van der Waals surface area contributed by atoms with Gasteiger partial charge in [-0.05, 0) is 55.9 Å². The van der Waals surface area contributed by atoms with E-state index in [9.17, 15) is 4.79 Å². The lowest BCUT2D eigenvalue weighted by Crippen LogP contribution is -2.21. The molecule has 8 heteroatoms. The van der Waals surface area contributed by atoms with Crippen LogP contribution in [0.2, 0.25) is 10.0 Å². The third-order valence-corrected chi connectivity index (χ3v) is 7.59. The molecule has 5 rings (SSSR count). The van der Waals surface area contributed by atoms with Crippen molar-refractivity contribution in [2.45, 2.75) is 32.6 Å². The van der Waals surface area contributed by atoms with E-state index in [2.05, 4.69) is 5.10 Å². The second-order valence-corrected chi connectivity index (χ2v) is 9.94. The van der Waals surface area contributed by atoms with Gasteiger partial charge in [-0.2, -0.15) is 9.78 Å². The Morgan fingerprint density at radius 1 is 1.18 bits per heavy atom. The maximum Gasteiger partial charge on any atom is 0.283 e. The Kier molecular flexibility index (Phi) is 5.99. The molecule has 0 unspecified atom stereocenters. The molecule has 0 bridgehead atoms. The summed E-state index contributed by atoms with van der Waals surface area (Å²) >= 11 is 14.1. The Morgan fingerprint density at radius 3 is 2.76 bits per heavy atom. The molecule has 0 aliphatic heterocycles. The summed E-state index contributed by atoms with van der Waals surface area (Å²) in [5.74, 6) is 0.949. The number of methoxy groups -OCH3 is 1. The van der Waals surface area contributed by atoms with Crippen molar-refractivity contribution < 1.29 is 4.74 Å². The second kappa shape index (κ2) is 8.93. The summed E-state index contributed by atoms with van der Waals surface area (Å²) in [4.78, 5) is 20.8. The van der Waals surface area contributed by atoms with Gasteiger partial charge in [0.25, 0.3) is 5.56 Å². The Balaban J connectivity index is 1.78. The van der Waals surface area contributed by atoms with Crippen LogP contribution < -0.4 is 10.3 Å². The van der Waals surface area contributed by atoms with Crippen molar-refractivity contribution in [3.63, 3.8) is 0 Å². The second-order valence-electron chi connectivity index (χ2n) is 8.01. The highest BCUT2D eigenvalue weighted by molar-refractivity contribution is 7.18. The van der Waals surface area contributed by atoms with Gasteiger partial charge in [0.05, 0.1) is 23.7 Å². The van der Waals surface area contributed by atoms with Crippen molar-refractivity contribution in [1.29, 1.82) is 0 Å². The molecule has 0 atom stereocenters. The molecule has 0 saturated carbocycles. The number of benzene rings is 2. The minimum Gasteiger partial charge on any atom is -0.495 e. The predicted molar refractivity (Wildman–Crippen MR) is 137 cm³/mol. The number of aromatic nitrogens is 2. The van der Waals surface area contributed by atoms with E-state index in [-0.39, 0.29) is 5.56 Å². The summed E-state index contributed by atoms with van der Waals surface area (Å²) in [5, 5.41) is 6.09. The fraction of sp³-hybridized carbons (Fsp3) is 0.240. The first-order valence-electron chi connectivity index (χ1n) is 10.7. The number of ether oxygens (including phenoxy) is 1. The van der Waals surface area contributed by atoms with Crippen LogP contribution in [0.25, 0.3) is 21.6 Å². The molecule has 1 aliphatic rings. The first kappa shape index (κ1) is 22.1. The number of thiophene rings is 1. The zero-order valence-corrected chi connectivity index (χ0v) is 20.5. The highest BCUT2D eigenvalue weighted by atomic mass is 35.5. The molecule has 168 valence electrons. The van der Waals surface area contributed by atoms with Crippen molar-refractivity contribution in [3.05, 3.63) is 78.4 Å². The number of fused-ring (bicyclic) bond motifs is 3. The van der Waals surface area contributed by atoms with Gasteiger partial charge in [0, 0.05) is 21.0 Å². The average molecular weight is 498 g/mol. The number of halogens is 2. The Labute approximate surface area is 205 Å². The quantitative estimate of drug-likeness (QED) is 0.302. The molecule has 0 fully saturated rings. The van der Waals surface area contributed by atoms with Crippen LogP contribution in [0, 0.1) is 6.92 Å². The SMILES string of the molecule is COc1c(Cl)cc(Cl)cc1/C=N\n1c(-c2ccccc2C)nc2sc3c(c2c1=O)CCCC3. The standard InChI is InChI=1S/C25H21Cl2N3O2S/c1-14-7-3-4-8-17(14)23-29-24-21(18-9-5-6-10-20(18)33-24)25(31)30(23)28-13-15-11-16(26)12-19(27)22(15)32-2/h3-4,7-8,11-13H,5-6,9-10H2,1-2H3/b28-13-. The fourth-order valence-electron chi connectivity index (χ4n) is 4.31. The van der Waals surface area contributed by atoms with Crippen LogP contribution in [-0.2, 0) is 12.8 Å². The maximum atomic E-state index is 13.8. The maximum absolute atomic E-state index is 13.8. The van der Waals surface area contributed by atoms with E-state index in [1.807, 2.05) is 31.2 Å². The molecule has 2 aromatic heterocycles. The predicted octanol–water partition coefficient (Wildman–Crippen LogP) is 6.51. The molecule has 0 N–H and O–H groups in total. The van der Waals surface area contributed by atoms with Crippen LogP contribution in [0.1, 0.15) is 34.4 Å². The van der Waals surface area contributed by atoms with E-state index in [0.29, 0.717) is 32.6 Å². The zero-order valence-electron chi connectivity index (χ0n) is 18.2. The Morgan fingerprint density at radius 2 is 1.97 bits per heavy atom. The van der Waals surface area contributed by atoms with Gasteiger partial charge in [-0.15, -0.1) is 11.3 Å². The minimum atomic E-state index is -0.166. The van der Waals surface area contributed by atoms with Gasteiger partial charge in [0.15, 0.2) is 5.82 Å². The number of rotatable bonds is 4. The summed E-state index contributed by atoms with van der Waals surface area (Å²) in [7, 11) is 1.53. The van der Waals surface area contributed by atoms with Crippen LogP contribution in [0.3, 0.4) is 0 Å². The number of nitrogens with zero attached hydrogens (tertiary/aromatic N) is 3. The van der Waals surface area contributed by atoms with Crippen molar-refractivity contribution in [2.75, 3.05) is 7.11 Å². The van der Waals surface area contributed by atoms with Crippen molar-refractivity contribution in [1.82, 2.24) is 9.66 Å². The van der Waals surface area contributed by atoms with E-state index in [0.717, 1.165) is 47.2 Å². The van der Waals surface area contributed by atoms with Crippen molar-refractivity contribution >= 4 is 51.0 Å². The Bertz CT molecular complexity index is 1470. The normalized spacial score (nSPS) is 13.6. The summed E-state index contributed by atoms with van der Waals surface area (Å²) < 4.78 is 6.82. The topological polar surface area (TPSA) is 56.5 Å². The zero-order chi connectivity index (χ0) is 23.1. The average Bonchev–Trinajstić information content (AvgIpc) is 3.17. The van der Waals surface area contributed by atoms with Crippen molar-refractivity contribution in [3.8, 4) is 17.1 Å². The molecule has 2 aromatic carbocycles. The van der Waals surface area contributed by atoms with E-state index in [1.165, 1.54) is 16.7 Å². The largest absolute Gasteiger partial charge is 0.495 e. The van der Waals surface area contributed by atoms with E-state index in [1.54, 1.807) is 29.7 Å². The number of aryl methyl sites for hydroxylation is 3. The van der Waals surface area contributed by atoms with Gasteiger partial charge in [0.2, 0.25) is 0 Å². The fourth-order valence-corrected chi connectivity index (χ4v) is 6.15. The van der Waals surface area contributed by atoms with Crippen LogP contribution in [-0.4, -0.2) is 23.0 Å². The first-order chi connectivity index (χ1) is 16.0. The smallest absolute Gasteiger partial charge is 0.283 e. The lowest BCUT2D eigenvalue weighted by molar-refractivity contribution is 0.414. The van der Waals surface area contributed by atoms with Crippen LogP contribution >= 0.6 is 34.5 Å². The van der Waals surface area contributed by atoms with Crippen LogP contribution in [0.15, 0.2) is 46.3 Å². The van der Waals surface area contributed by atoms with E-state index in [4.69, 9.17) is 32.9 Å². The molecule has 0 radical (unpaired) electrons. The molecule has 2 heterocycles. The third kappa shape index (κ3) is 3.97. The highest BCUT2D eigenvalue weighted by Gasteiger charge is 2.23. The summed E-state index contributed by atoms with van der Waals surface area (Å²) in [6, 6.07) is 11.2. The van der Waals surface area contributed by atoms with Crippen LogP contribution in [0.4, 0.5) is 0 Å². The molecular weight excluding hydrogens is 477 g/mol. The summed E-state index contributed by atoms with van der Waals surface area (Å²) in [5.41, 5.74) is 3.40. The molecule has 0 amide bonds. The van der Waals surface area contributed by atoms with Crippen molar-refractivity contribution in [2.24, 2.45) is 5.10 Å². The Hall–Kier alpha value is -2.67. The van der Waals surface area contributed by atoms with Gasteiger partial charge < -0.3 is 4.74 Å². The molecule has 33 heavy (non-hydrogen) atoms. The van der Waals surface area contributed by atoms with Crippen LogP contribution in [0.5, 0.6) is 5.75 Å².